The summed E-state index contributed by atoms with van der Waals surface area (Å²) in [6.45, 7) is 21.2. The van der Waals surface area contributed by atoms with Gasteiger partial charge < -0.3 is 0 Å². The van der Waals surface area contributed by atoms with Crippen LogP contribution in [0.2, 0.25) is 0 Å². The summed E-state index contributed by atoms with van der Waals surface area (Å²) in [5, 5.41) is 2.82. The van der Waals surface area contributed by atoms with Gasteiger partial charge in [-0.25, -0.2) is 0 Å². The number of hydrogen-bond donors (Lipinski definition) is 0. The third-order valence-corrected chi connectivity index (χ3v) is 10.9. The van der Waals surface area contributed by atoms with Crippen LogP contribution in [0.1, 0.15) is 109 Å². The van der Waals surface area contributed by atoms with Gasteiger partial charge in [0.1, 0.15) is 0 Å². The minimum absolute atomic E-state index is 0.137. The Balaban J connectivity index is 1.61. The Morgan fingerprint density at radius 2 is 1.43 bits per heavy atom. The van der Waals surface area contributed by atoms with Gasteiger partial charge in [0.15, 0.2) is 0 Å². The van der Waals surface area contributed by atoms with Gasteiger partial charge >= 0.3 is 0 Å². The third-order valence-electron chi connectivity index (χ3n) is 9.62. The van der Waals surface area contributed by atoms with Crippen molar-refractivity contribution in [1.82, 2.24) is 0 Å². The predicted molar refractivity (Wildman–Crippen MR) is 188 cm³/mol. The molecule has 0 aliphatic heterocycles. The molecular weight excluding hydrogens is 525 g/mol. The molecule has 4 aromatic carbocycles. The number of hydrogen-bond acceptors (Lipinski definition) is 1. The largest absolute Gasteiger partial charge is 0.135 e. The lowest BCUT2D eigenvalue weighted by Crippen LogP contribution is -2.22. The minimum Gasteiger partial charge on any atom is -0.135 e. The molecule has 1 aromatic heterocycles. The SMILES string of the molecule is CCCC(C)(CC)c1ccc2c(sc3cc(C(C)(C)c4ccccc4-c4cccc(CC(C)(C)C)c4)ccc32)c1CC. The van der Waals surface area contributed by atoms with E-state index in [0.717, 1.165) is 12.8 Å². The summed E-state index contributed by atoms with van der Waals surface area (Å²) >= 11 is 2.00. The highest BCUT2D eigenvalue weighted by Gasteiger charge is 2.29. The van der Waals surface area contributed by atoms with Gasteiger partial charge in [0.05, 0.1) is 0 Å². The van der Waals surface area contributed by atoms with E-state index in [1.165, 1.54) is 67.3 Å². The van der Waals surface area contributed by atoms with Gasteiger partial charge in [0, 0.05) is 25.6 Å². The van der Waals surface area contributed by atoms with Gasteiger partial charge in [-0.05, 0) is 81.5 Å². The Labute approximate surface area is 259 Å². The van der Waals surface area contributed by atoms with Crippen LogP contribution < -0.4 is 0 Å². The minimum atomic E-state index is -0.137. The first kappa shape index (κ1) is 30.6. The van der Waals surface area contributed by atoms with Crippen LogP contribution in [0.25, 0.3) is 31.3 Å². The highest BCUT2D eigenvalue weighted by Crippen LogP contribution is 2.45. The molecule has 1 heteroatoms. The molecule has 0 saturated carbocycles. The van der Waals surface area contributed by atoms with Crippen molar-refractivity contribution in [3.05, 3.63) is 107 Å². The molecule has 0 bridgehead atoms. The topological polar surface area (TPSA) is 0 Å². The summed E-state index contributed by atoms with van der Waals surface area (Å²) in [4.78, 5) is 0. The fraction of sp³-hybridized carbons (Fsp3) is 0.415. The molecule has 0 fully saturated rings. The predicted octanol–water partition coefficient (Wildman–Crippen LogP) is 12.7. The summed E-state index contributed by atoms with van der Waals surface area (Å²) in [6, 6.07) is 30.3. The molecule has 220 valence electrons. The highest BCUT2D eigenvalue weighted by molar-refractivity contribution is 7.26. The van der Waals surface area contributed by atoms with Gasteiger partial charge in [-0.3, -0.25) is 0 Å². The molecule has 1 heterocycles. The lowest BCUT2D eigenvalue weighted by molar-refractivity contribution is 0.411. The van der Waals surface area contributed by atoms with Crippen molar-refractivity contribution in [2.75, 3.05) is 0 Å². The zero-order valence-corrected chi connectivity index (χ0v) is 28.3. The molecule has 1 atom stereocenters. The molecule has 0 radical (unpaired) electrons. The van der Waals surface area contributed by atoms with Crippen LogP contribution >= 0.6 is 11.3 Å². The normalized spacial score (nSPS) is 14.0. The third kappa shape index (κ3) is 5.70. The van der Waals surface area contributed by atoms with Gasteiger partial charge in [0.2, 0.25) is 0 Å². The van der Waals surface area contributed by atoms with Crippen molar-refractivity contribution >= 4 is 31.5 Å². The standard InChI is InChI=1S/C41H50S/c1-10-24-41(9,12-3)36-23-22-34-33-21-20-30(26-37(33)42-38(34)31(36)11-2)40(7,8)35-19-14-13-18-32(35)29-17-15-16-28(25-29)27-39(4,5)6/h13-23,25-26H,10-12,24,27H2,1-9H3. The summed E-state index contributed by atoms with van der Waals surface area (Å²) in [6.07, 6.45) is 5.80. The van der Waals surface area contributed by atoms with E-state index in [-0.39, 0.29) is 16.2 Å². The van der Waals surface area contributed by atoms with E-state index in [0.29, 0.717) is 0 Å². The zero-order chi connectivity index (χ0) is 30.3. The quantitative estimate of drug-likeness (QED) is 0.164. The first-order chi connectivity index (χ1) is 19.9. The summed E-state index contributed by atoms with van der Waals surface area (Å²) in [5.41, 5.74) is 10.3. The molecule has 0 N–H and O–H groups in total. The van der Waals surface area contributed by atoms with Crippen molar-refractivity contribution in [2.24, 2.45) is 5.41 Å². The lowest BCUT2D eigenvalue weighted by atomic mass is 9.74. The fourth-order valence-corrected chi connectivity index (χ4v) is 8.51. The van der Waals surface area contributed by atoms with E-state index in [1.807, 2.05) is 11.3 Å². The van der Waals surface area contributed by atoms with Gasteiger partial charge in [-0.2, -0.15) is 0 Å². The second kappa shape index (κ2) is 11.6. The van der Waals surface area contributed by atoms with Crippen LogP contribution in [-0.4, -0.2) is 0 Å². The number of rotatable bonds is 9. The molecule has 42 heavy (non-hydrogen) atoms. The second-order valence-corrected chi connectivity index (χ2v) is 15.5. The molecule has 5 rings (SSSR count). The lowest BCUT2D eigenvalue weighted by Gasteiger charge is -2.31. The van der Waals surface area contributed by atoms with Crippen molar-refractivity contribution in [3.8, 4) is 11.1 Å². The molecule has 0 aliphatic rings. The number of benzene rings is 4. The molecule has 1 unspecified atom stereocenters. The van der Waals surface area contributed by atoms with Gasteiger partial charge in [-0.15, -0.1) is 11.3 Å². The summed E-state index contributed by atoms with van der Waals surface area (Å²) in [5.74, 6) is 0. The van der Waals surface area contributed by atoms with Crippen LogP contribution in [0.5, 0.6) is 0 Å². The molecule has 0 nitrogen and oxygen atoms in total. The maximum atomic E-state index is 2.48. The summed E-state index contributed by atoms with van der Waals surface area (Å²) < 4.78 is 2.90. The first-order valence-corrected chi connectivity index (χ1v) is 16.9. The molecule has 0 spiro atoms. The highest BCUT2D eigenvalue weighted by atomic mass is 32.1. The van der Waals surface area contributed by atoms with Crippen molar-refractivity contribution in [1.29, 1.82) is 0 Å². The Hall–Kier alpha value is -2.90. The van der Waals surface area contributed by atoms with E-state index in [2.05, 4.69) is 141 Å². The van der Waals surface area contributed by atoms with Crippen molar-refractivity contribution < 1.29 is 0 Å². The maximum Gasteiger partial charge on any atom is 0.0390 e. The van der Waals surface area contributed by atoms with E-state index >= 15 is 0 Å². The molecule has 0 aliphatic carbocycles. The number of aryl methyl sites for hydroxylation is 1. The zero-order valence-electron chi connectivity index (χ0n) is 27.4. The van der Waals surface area contributed by atoms with Gasteiger partial charge in [0.25, 0.3) is 0 Å². The monoisotopic (exact) mass is 574 g/mol. The molecule has 0 saturated heterocycles. The number of fused-ring (bicyclic) bond motifs is 3. The Morgan fingerprint density at radius 1 is 0.690 bits per heavy atom. The van der Waals surface area contributed by atoms with Crippen LogP contribution in [0.15, 0.2) is 78.9 Å². The van der Waals surface area contributed by atoms with Crippen LogP contribution in [0, 0.1) is 5.41 Å². The van der Waals surface area contributed by atoms with Crippen LogP contribution in [-0.2, 0) is 23.7 Å². The Bertz CT molecular complexity index is 1710. The maximum absolute atomic E-state index is 2.48. The second-order valence-electron chi connectivity index (χ2n) is 14.4. The molecule has 5 aromatic rings. The van der Waals surface area contributed by atoms with E-state index in [4.69, 9.17) is 0 Å². The van der Waals surface area contributed by atoms with E-state index < -0.39 is 0 Å². The number of thiophene rings is 1. The van der Waals surface area contributed by atoms with Crippen LogP contribution in [0.3, 0.4) is 0 Å². The van der Waals surface area contributed by atoms with Crippen LogP contribution in [0.4, 0.5) is 0 Å². The summed E-state index contributed by atoms with van der Waals surface area (Å²) in [7, 11) is 0. The van der Waals surface area contributed by atoms with Crippen molar-refractivity contribution in [2.45, 2.75) is 105 Å². The first-order valence-electron chi connectivity index (χ1n) is 16.1. The average Bonchev–Trinajstić information content (AvgIpc) is 3.34. The van der Waals surface area contributed by atoms with E-state index in [1.54, 1.807) is 11.1 Å². The molecular formula is C41H50S. The van der Waals surface area contributed by atoms with E-state index in [9.17, 15) is 0 Å². The molecule has 0 amide bonds. The Kier molecular flexibility index (Phi) is 8.47. The Morgan fingerprint density at radius 3 is 2.12 bits per heavy atom. The van der Waals surface area contributed by atoms with Crippen molar-refractivity contribution in [3.63, 3.8) is 0 Å². The smallest absolute Gasteiger partial charge is 0.0390 e. The van der Waals surface area contributed by atoms with Gasteiger partial charge in [-0.1, -0.05) is 142 Å². The fourth-order valence-electron chi connectivity index (χ4n) is 7.15. The average molecular weight is 575 g/mol.